The van der Waals surface area contributed by atoms with Gasteiger partial charge in [0.2, 0.25) is 17.7 Å². The molecule has 0 bridgehead atoms. The number of carbonyl (C=O) groups is 4. The van der Waals surface area contributed by atoms with E-state index in [1.165, 1.54) is 12.5 Å². The number of nitrogens with two attached hydrogens (primary N) is 1. The zero-order chi connectivity index (χ0) is 18.8. The minimum atomic E-state index is -1.22. The highest BCUT2D eigenvalue weighted by Gasteiger charge is 2.23. The molecular formula is C13H20N6O5S. The van der Waals surface area contributed by atoms with Gasteiger partial charge in [-0.05, 0) is 0 Å². The van der Waals surface area contributed by atoms with Crippen molar-refractivity contribution in [3.63, 3.8) is 0 Å². The summed E-state index contributed by atoms with van der Waals surface area (Å²) in [6.07, 6.45) is 2.85. The number of carbonyl (C=O) groups excluding carboxylic acids is 3. The molecular weight excluding hydrogens is 352 g/mol. The lowest BCUT2D eigenvalue weighted by Gasteiger charge is -2.17. The summed E-state index contributed by atoms with van der Waals surface area (Å²) < 4.78 is 0. The lowest BCUT2D eigenvalue weighted by atomic mass is 10.1. The number of rotatable bonds is 10. The van der Waals surface area contributed by atoms with Crippen molar-refractivity contribution in [2.75, 3.05) is 18.8 Å². The number of hydrogen-bond donors (Lipinski definition) is 7. The number of nitrogens with one attached hydrogen (secondary N) is 4. The summed E-state index contributed by atoms with van der Waals surface area (Å²) in [4.78, 5) is 52.6. The molecule has 1 aromatic heterocycles. The molecule has 1 heterocycles. The molecule has 0 fully saturated rings. The second kappa shape index (κ2) is 10.3. The molecule has 0 saturated carbocycles. The molecule has 2 unspecified atom stereocenters. The topological polar surface area (TPSA) is 179 Å². The Kier molecular flexibility index (Phi) is 8.43. The number of aliphatic carboxylic acids is 1. The van der Waals surface area contributed by atoms with Gasteiger partial charge in [0.15, 0.2) is 0 Å². The molecule has 7 N–H and O–H groups in total. The molecule has 1 rings (SSSR count). The predicted octanol–water partition coefficient (Wildman–Crippen LogP) is -2.99. The fourth-order valence-electron chi connectivity index (χ4n) is 1.80. The first kappa shape index (κ1) is 20.4. The number of carboxylic acid groups (broad SMARTS) is 1. The van der Waals surface area contributed by atoms with Crippen LogP contribution in [0.15, 0.2) is 12.5 Å². The van der Waals surface area contributed by atoms with Crippen LogP contribution in [0.25, 0.3) is 0 Å². The number of thiol groups is 1. The summed E-state index contributed by atoms with van der Waals surface area (Å²) in [6, 6.07) is -2.13. The Hall–Kier alpha value is -2.60. The average molecular weight is 372 g/mol. The number of carboxylic acids is 1. The molecule has 138 valence electrons. The summed E-state index contributed by atoms with van der Waals surface area (Å²) >= 11 is 3.94. The van der Waals surface area contributed by atoms with Crippen LogP contribution in [0, 0.1) is 0 Å². The third-order valence-corrected chi connectivity index (χ3v) is 3.42. The van der Waals surface area contributed by atoms with E-state index in [1.807, 2.05) is 0 Å². The van der Waals surface area contributed by atoms with Gasteiger partial charge in [0, 0.05) is 24.1 Å². The van der Waals surface area contributed by atoms with E-state index < -0.39 is 42.3 Å². The van der Waals surface area contributed by atoms with Gasteiger partial charge in [-0.3, -0.25) is 14.4 Å². The van der Waals surface area contributed by atoms with Crippen LogP contribution in [0.2, 0.25) is 0 Å². The van der Waals surface area contributed by atoms with E-state index in [0.717, 1.165) is 0 Å². The summed E-state index contributed by atoms with van der Waals surface area (Å²) in [5.41, 5.74) is 5.68. The maximum absolute atomic E-state index is 11.9. The van der Waals surface area contributed by atoms with E-state index in [9.17, 15) is 19.2 Å². The fraction of sp³-hybridized carbons (Fsp3) is 0.462. The van der Waals surface area contributed by atoms with Crippen molar-refractivity contribution in [3.05, 3.63) is 18.2 Å². The van der Waals surface area contributed by atoms with Crippen LogP contribution in [0.5, 0.6) is 0 Å². The Bertz CT molecular complexity index is 608. The maximum atomic E-state index is 11.9. The van der Waals surface area contributed by atoms with Gasteiger partial charge >= 0.3 is 5.97 Å². The smallest absolute Gasteiger partial charge is 0.326 e. The fourth-order valence-corrected chi connectivity index (χ4v) is 2.06. The van der Waals surface area contributed by atoms with Gasteiger partial charge in [-0.2, -0.15) is 12.6 Å². The summed E-state index contributed by atoms with van der Waals surface area (Å²) in [5.74, 6) is -3.07. The van der Waals surface area contributed by atoms with E-state index in [2.05, 4.69) is 38.5 Å². The quantitative estimate of drug-likeness (QED) is 0.214. The molecule has 25 heavy (non-hydrogen) atoms. The summed E-state index contributed by atoms with van der Waals surface area (Å²) in [5, 5.41) is 16.1. The van der Waals surface area contributed by atoms with Crippen LogP contribution in [-0.4, -0.2) is 69.7 Å². The molecule has 12 heteroatoms. The highest BCUT2D eigenvalue weighted by molar-refractivity contribution is 7.80. The molecule has 0 aliphatic carbocycles. The Balaban J connectivity index is 2.49. The Labute approximate surface area is 148 Å². The van der Waals surface area contributed by atoms with Gasteiger partial charge < -0.3 is 31.8 Å². The van der Waals surface area contributed by atoms with Crippen molar-refractivity contribution < 1.29 is 24.3 Å². The van der Waals surface area contributed by atoms with Gasteiger partial charge in [0.1, 0.15) is 12.1 Å². The van der Waals surface area contributed by atoms with Crippen molar-refractivity contribution >= 4 is 36.3 Å². The Morgan fingerprint density at radius 3 is 2.44 bits per heavy atom. The first-order valence-electron chi connectivity index (χ1n) is 7.24. The SMILES string of the molecule is NCC(=O)NC(CS)C(=O)NCC(=O)NC(Cc1cnc[nH]1)C(=O)O. The molecule has 0 radical (unpaired) electrons. The van der Waals surface area contributed by atoms with Gasteiger partial charge in [-0.1, -0.05) is 0 Å². The zero-order valence-electron chi connectivity index (χ0n) is 13.2. The molecule has 1 aromatic rings. The molecule has 0 aromatic carbocycles. The Morgan fingerprint density at radius 1 is 1.24 bits per heavy atom. The van der Waals surface area contributed by atoms with Crippen LogP contribution in [0.3, 0.4) is 0 Å². The zero-order valence-corrected chi connectivity index (χ0v) is 14.1. The molecule has 0 saturated heterocycles. The number of aromatic amines is 1. The number of H-pyrrole nitrogens is 1. The van der Waals surface area contributed by atoms with Crippen LogP contribution in [-0.2, 0) is 25.6 Å². The van der Waals surface area contributed by atoms with Crippen LogP contribution in [0.4, 0.5) is 0 Å². The number of nitrogens with zero attached hydrogens (tertiary/aromatic N) is 1. The largest absolute Gasteiger partial charge is 0.480 e. The number of imidazole rings is 1. The lowest BCUT2D eigenvalue weighted by Crippen LogP contribution is -2.52. The van der Waals surface area contributed by atoms with Crippen LogP contribution < -0.4 is 21.7 Å². The molecule has 0 spiro atoms. The monoisotopic (exact) mass is 372 g/mol. The molecule has 11 nitrogen and oxygen atoms in total. The number of aromatic nitrogens is 2. The first-order valence-corrected chi connectivity index (χ1v) is 7.88. The lowest BCUT2D eigenvalue weighted by molar-refractivity contribution is -0.141. The van der Waals surface area contributed by atoms with E-state index in [1.54, 1.807) is 0 Å². The summed E-state index contributed by atoms with van der Waals surface area (Å²) in [6.45, 7) is -0.736. The van der Waals surface area contributed by atoms with Crippen molar-refractivity contribution in [3.8, 4) is 0 Å². The van der Waals surface area contributed by atoms with E-state index in [4.69, 9.17) is 10.8 Å². The molecule has 0 aliphatic rings. The minimum Gasteiger partial charge on any atom is -0.480 e. The minimum absolute atomic E-state index is 0.0107. The summed E-state index contributed by atoms with van der Waals surface area (Å²) in [7, 11) is 0. The molecule has 3 amide bonds. The van der Waals surface area contributed by atoms with Crippen molar-refractivity contribution in [1.29, 1.82) is 0 Å². The van der Waals surface area contributed by atoms with Gasteiger partial charge in [0.25, 0.3) is 0 Å². The number of amides is 3. The highest BCUT2D eigenvalue weighted by Crippen LogP contribution is 1.98. The normalized spacial score (nSPS) is 12.7. The average Bonchev–Trinajstić information content (AvgIpc) is 3.09. The van der Waals surface area contributed by atoms with Gasteiger partial charge in [-0.15, -0.1) is 0 Å². The second-order valence-electron chi connectivity index (χ2n) is 4.96. The third-order valence-electron chi connectivity index (χ3n) is 3.06. The van der Waals surface area contributed by atoms with Crippen LogP contribution >= 0.6 is 12.6 Å². The molecule has 0 aliphatic heterocycles. The van der Waals surface area contributed by atoms with E-state index >= 15 is 0 Å². The van der Waals surface area contributed by atoms with Crippen molar-refractivity contribution in [1.82, 2.24) is 25.9 Å². The van der Waals surface area contributed by atoms with Crippen molar-refractivity contribution in [2.24, 2.45) is 5.73 Å². The second-order valence-corrected chi connectivity index (χ2v) is 5.33. The van der Waals surface area contributed by atoms with Crippen molar-refractivity contribution in [2.45, 2.75) is 18.5 Å². The van der Waals surface area contributed by atoms with E-state index in [0.29, 0.717) is 5.69 Å². The Morgan fingerprint density at radius 2 is 1.92 bits per heavy atom. The van der Waals surface area contributed by atoms with E-state index in [-0.39, 0.29) is 18.7 Å². The standard InChI is InChI=1S/C13H20N6O5S/c14-2-10(20)19-9(5-25)12(22)16-4-11(21)18-8(13(23)24)1-7-3-15-6-17-7/h3,6,8-9,25H,1-2,4-5,14H2,(H,15,17)(H,16,22)(H,18,21)(H,19,20)(H,23,24). The van der Waals surface area contributed by atoms with Gasteiger partial charge in [0.05, 0.1) is 19.4 Å². The highest BCUT2D eigenvalue weighted by atomic mass is 32.1. The third kappa shape index (κ3) is 7.22. The predicted molar refractivity (Wildman–Crippen MR) is 89.7 cm³/mol. The molecule has 2 atom stereocenters. The number of hydrogen-bond acceptors (Lipinski definition) is 7. The van der Waals surface area contributed by atoms with Crippen LogP contribution in [0.1, 0.15) is 5.69 Å². The van der Waals surface area contributed by atoms with Gasteiger partial charge in [-0.25, -0.2) is 9.78 Å². The first-order chi connectivity index (χ1) is 11.9. The maximum Gasteiger partial charge on any atom is 0.326 e.